The molecule has 0 saturated carbocycles. The van der Waals surface area contributed by atoms with Gasteiger partial charge in [-0.1, -0.05) is 11.8 Å². The van der Waals surface area contributed by atoms with E-state index in [0.717, 1.165) is 19.4 Å². The van der Waals surface area contributed by atoms with Gasteiger partial charge in [0.2, 0.25) is 21.1 Å². The maximum absolute atomic E-state index is 13.1. The lowest BCUT2D eigenvalue weighted by atomic mass is 10.2. The molecule has 2 aliphatic heterocycles. The third-order valence-corrected chi connectivity index (χ3v) is 8.14. The van der Waals surface area contributed by atoms with Gasteiger partial charge in [-0.05, 0) is 41.5 Å². The predicted molar refractivity (Wildman–Crippen MR) is 119 cm³/mol. The van der Waals surface area contributed by atoms with Crippen LogP contribution in [0.3, 0.4) is 0 Å². The third-order valence-electron chi connectivity index (χ3n) is 5.27. The smallest absolute Gasteiger partial charge is 0.246 e. The number of anilines is 1. The second kappa shape index (κ2) is 10.8. The Bertz CT molecular complexity index is 1070. The molecule has 1 amide bonds. The summed E-state index contributed by atoms with van der Waals surface area (Å²) in [6, 6.07) is 4.53. The molecule has 14 heteroatoms. The van der Waals surface area contributed by atoms with Crippen LogP contribution in [0, 0.1) is 0 Å². The fourth-order valence-electron chi connectivity index (χ4n) is 3.60. The van der Waals surface area contributed by atoms with Crippen molar-refractivity contribution in [2.45, 2.75) is 35.5 Å². The zero-order valence-electron chi connectivity index (χ0n) is 18.2. The van der Waals surface area contributed by atoms with Crippen LogP contribution in [0.5, 0.6) is 5.75 Å². The van der Waals surface area contributed by atoms with E-state index < -0.39 is 10.0 Å². The number of sulfonamides is 1. The van der Waals surface area contributed by atoms with Crippen LogP contribution < -0.4 is 10.1 Å². The van der Waals surface area contributed by atoms with Crippen LogP contribution in [0.25, 0.3) is 0 Å². The molecule has 2 aromatic rings. The summed E-state index contributed by atoms with van der Waals surface area (Å²) in [6.07, 6.45) is 2.05. The molecule has 12 nitrogen and oxygen atoms in total. The van der Waals surface area contributed by atoms with E-state index in [1.165, 1.54) is 35.3 Å². The molecule has 33 heavy (non-hydrogen) atoms. The number of tetrazole rings is 1. The molecule has 0 aliphatic carbocycles. The molecule has 1 atom stereocenters. The van der Waals surface area contributed by atoms with E-state index in [9.17, 15) is 13.2 Å². The van der Waals surface area contributed by atoms with E-state index >= 15 is 0 Å². The van der Waals surface area contributed by atoms with Gasteiger partial charge in [-0.3, -0.25) is 4.79 Å². The number of carbonyl (C=O) groups excluding carboxylic acids is 1. The van der Waals surface area contributed by atoms with Crippen molar-refractivity contribution >= 4 is 33.4 Å². The number of aromatic nitrogens is 4. The Labute approximate surface area is 196 Å². The number of ether oxygens (including phenoxy) is 3. The highest BCUT2D eigenvalue weighted by Crippen LogP contribution is 2.30. The van der Waals surface area contributed by atoms with E-state index in [4.69, 9.17) is 14.2 Å². The van der Waals surface area contributed by atoms with Gasteiger partial charge < -0.3 is 19.5 Å². The molecule has 1 N–H and O–H groups in total. The highest BCUT2D eigenvalue weighted by atomic mass is 32.2. The van der Waals surface area contributed by atoms with Crippen molar-refractivity contribution in [3.05, 3.63) is 18.2 Å². The highest BCUT2D eigenvalue weighted by molar-refractivity contribution is 7.99. The van der Waals surface area contributed by atoms with Crippen LogP contribution >= 0.6 is 11.8 Å². The van der Waals surface area contributed by atoms with Gasteiger partial charge in [0, 0.05) is 25.4 Å². The summed E-state index contributed by atoms with van der Waals surface area (Å²) in [6.45, 7) is 2.47. The first-order chi connectivity index (χ1) is 16.0. The molecular weight excluding hydrogens is 472 g/mol. The van der Waals surface area contributed by atoms with Gasteiger partial charge in [-0.15, -0.1) is 5.10 Å². The Kier molecular flexibility index (Phi) is 7.80. The van der Waals surface area contributed by atoms with Crippen molar-refractivity contribution in [3.63, 3.8) is 0 Å². The van der Waals surface area contributed by atoms with Gasteiger partial charge in [-0.25, -0.2) is 13.1 Å². The van der Waals surface area contributed by atoms with Gasteiger partial charge >= 0.3 is 0 Å². The molecule has 0 unspecified atom stereocenters. The van der Waals surface area contributed by atoms with E-state index in [1.807, 2.05) is 0 Å². The minimum absolute atomic E-state index is 0.00198. The van der Waals surface area contributed by atoms with Crippen LogP contribution in [0.1, 0.15) is 12.8 Å². The molecule has 2 saturated heterocycles. The van der Waals surface area contributed by atoms with Crippen LogP contribution in [-0.4, -0.2) is 90.7 Å². The third kappa shape index (κ3) is 5.81. The molecule has 0 bridgehead atoms. The number of nitrogens with zero attached hydrogens (tertiary/aromatic N) is 5. The quantitative estimate of drug-likeness (QED) is 0.490. The number of rotatable bonds is 9. The number of hydrogen-bond donors (Lipinski definition) is 1. The molecule has 2 fully saturated rings. The number of benzene rings is 1. The summed E-state index contributed by atoms with van der Waals surface area (Å²) in [4.78, 5) is 12.5. The molecular formula is C19H26N6O6S2. The zero-order valence-corrected chi connectivity index (χ0v) is 19.8. The largest absolute Gasteiger partial charge is 0.495 e. The molecule has 0 spiro atoms. The predicted octanol–water partition coefficient (Wildman–Crippen LogP) is 0.612. The standard InChI is InChI=1S/C19H26N6O6S2/c1-29-16-5-4-14(11-17(16)33(27,28)24-6-9-30-10-7-24)20-18(26)13-32-19-21-22-23-25(19)12-15-3-2-8-31-15/h4-5,11,15H,2-3,6-10,12-13H2,1H3,(H,20,26)/t15-/m0/s1. The number of morpholine rings is 1. The Morgan fingerprint density at radius 1 is 1.30 bits per heavy atom. The summed E-state index contributed by atoms with van der Waals surface area (Å²) in [5.74, 6) is -0.0440. The molecule has 3 heterocycles. The first kappa shape index (κ1) is 23.9. The maximum atomic E-state index is 13.1. The van der Waals surface area contributed by atoms with E-state index in [2.05, 4.69) is 20.8 Å². The van der Waals surface area contributed by atoms with E-state index in [1.54, 1.807) is 10.7 Å². The number of nitrogens with one attached hydrogen (secondary N) is 1. The van der Waals surface area contributed by atoms with Gasteiger partial charge in [0.15, 0.2) is 0 Å². The number of hydrogen-bond acceptors (Lipinski definition) is 10. The Morgan fingerprint density at radius 2 is 2.12 bits per heavy atom. The second-order valence-electron chi connectivity index (χ2n) is 7.50. The molecule has 1 aromatic carbocycles. The van der Waals surface area contributed by atoms with Gasteiger partial charge in [0.25, 0.3) is 0 Å². The average molecular weight is 499 g/mol. The summed E-state index contributed by atoms with van der Waals surface area (Å²) >= 11 is 1.20. The van der Waals surface area contributed by atoms with Crippen LogP contribution in [0.2, 0.25) is 0 Å². The average Bonchev–Trinajstić information content (AvgIpc) is 3.51. The number of thioether (sulfide) groups is 1. The van der Waals surface area contributed by atoms with Crippen molar-refractivity contribution in [2.75, 3.05) is 51.1 Å². The van der Waals surface area contributed by atoms with Crippen molar-refractivity contribution in [2.24, 2.45) is 0 Å². The Morgan fingerprint density at radius 3 is 2.85 bits per heavy atom. The first-order valence-corrected chi connectivity index (χ1v) is 13.0. The maximum Gasteiger partial charge on any atom is 0.246 e. The van der Waals surface area contributed by atoms with E-state index in [-0.39, 0.29) is 41.5 Å². The molecule has 4 rings (SSSR count). The van der Waals surface area contributed by atoms with Crippen LogP contribution in [-0.2, 0) is 30.8 Å². The van der Waals surface area contributed by atoms with Gasteiger partial charge in [0.1, 0.15) is 10.6 Å². The molecule has 2 aliphatic rings. The highest BCUT2D eigenvalue weighted by Gasteiger charge is 2.29. The van der Waals surface area contributed by atoms with Crippen molar-refractivity contribution in [1.29, 1.82) is 0 Å². The summed E-state index contributed by atoms with van der Waals surface area (Å²) in [5.41, 5.74) is 0.354. The lowest BCUT2D eigenvalue weighted by Gasteiger charge is -2.26. The number of methoxy groups -OCH3 is 1. The Balaban J connectivity index is 1.40. The zero-order chi connectivity index (χ0) is 23.3. The van der Waals surface area contributed by atoms with Crippen LogP contribution in [0.4, 0.5) is 5.69 Å². The summed E-state index contributed by atoms with van der Waals surface area (Å²) < 4.78 is 45.3. The van der Waals surface area contributed by atoms with Crippen molar-refractivity contribution in [3.8, 4) is 5.75 Å². The monoisotopic (exact) mass is 498 g/mol. The van der Waals surface area contributed by atoms with Crippen molar-refractivity contribution in [1.82, 2.24) is 24.5 Å². The number of carbonyl (C=O) groups is 1. The minimum atomic E-state index is -3.80. The first-order valence-electron chi connectivity index (χ1n) is 10.5. The lowest BCUT2D eigenvalue weighted by molar-refractivity contribution is -0.113. The summed E-state index contributed by atoms with van der Waals surface area (Å²) in [7, 11) is -2.39. The van der Waals surface area contributed by atoms with Crippen LogP contribution in [0.15, 0.2) is 28.3 Å². The normalized spacial score (nSPS) is 19.5. The number of amides is 1. The fraction of sp³-hybridized carbons (Fsp3) is 0.579. The SMILES string of the molecule is COc1ccc(NC(=O)CSc2nnnn2C[C@@H]2CCCO2)cc1S(=O)(=O)N1CCOCC1. The topological polar surface area (TPSA) is 138 Å². The Hall–Kier alpha value is -2.26. The molecule has 1 aromatic heterocycles. The van der Waals surface area contributed by atoms with Gasteiger partial charge in [-0.2, -0.15) is 4.31 Å². The second-order valence-corrected chi connectivity index (χ2v) is 10.3. The van der Waals surface area contributed by atoms with Crippen molar-refractivity contribution < 1.29 is 27.4 Å². The van der Waals surface area contributed by atoms with E-state index in [0.29, 0.717) is 30.6 Å². The summed E-state index contributed by atoms with van der Waals surface area (Å²) in [5, 5.41) is 14.9. The lowest BCUT2D eigenvalue weighted by Crippen LogP contribution is -2.40. The molecule has 0 radical (unpaired) electrons. The minimum Gasteiger partial charge on any atom is -0.495 e. The molecule has 180 valence electrons. The van der Waals surface area contributed by atoms with Gasteiger partial charge in [0.05, 0.1) is 38.7 Å². The fourth-order valence-corrected chi connectivity index (χ4v) is 5.88.